The zero-order valence-electron chi connectivity index (χ0n) is 28.2. The van der Waals surface area contributed by atoms with E-state index in [-0.39, 0.29) is 0 Å². The van der Waals surface area contributed by atoms with E-state index in [1.807, 2.05) is 0 Å². The van der Waals surface area contributed by atoms with E-state index in [4.69, 9.17) is 0 Å². The monoisotopic (exact) mass is 649 g/mol. The average Bonchev–Trinajstić information content (AvgIpc) is 3.22. The molecular formula is C50H35N. The number of rotatable bonds is 7. The fourth-order valence-corrected chi connectivity index (χ4v) is 7.22. The highest BCUT2D eigenvalue weighted by Crippen LogP contribution is 2.41. The second-order valence-electron chi connectivity index (χ2n) is 13.0. The third kappa shape index (κ3) is 6.07. The van der Waals surface area contributed by atoms with Gasteiger partial charge in [0.05, 0.1) is 5.69 Å². The molecule has 0 fully saturated rings. The van der Waals surface area contributed by atoms with E-state index >= 15 is 0 Å². The number of benzene rings is 9. The normalized spacial score (nSPS) is 11.1. The first-order valence-corrected chi connectivity index (χ1v) is 17.5. The third-order valence-electron chi connectivity index (χ3n) is 9.80. The maximum absolute atomic E-state index is 2.40. The van der Waals surface area contributed by atoms with Gasteiger partial charge in [-0.25, -0.2) is 0 Å². The molecule has 0 bridgehead atoms. The van der Waals surface area contributed by atoms with Gasteiger partial charge >= 0.3 is 0 Å². The number of hydrogen-bond acceptors (Lipinski definition) is 1. The van der Waals surface area contributed by atoms with Crippen LogP contribution in [0.25, 0.3) is 66.1 Å². The van der Waals surface area contributed by atoms with Crippen molar-refractivity contribution in [3.8, 4) is 44.5 Å². The van der Waals surface area contributed by atoms with Crippen LogP contribution >= 0.6 is 0 Å². The van der Waals surface area contributed by atoms with Crippen molar-refractivity contribution in [1.82, 2.24) is 0 Å². The summed E-state index contributed by atoms with van der Waals surface area (Å²) >= 11 is 0. The van der Waals surface area contributed by atoms with Crippen LogP contribution in [0.2, 0.25) is 0 Å². The minimum Gasteiger partial charge on any atom is -0.310 e. The molecule has 0 aromatic heterocycles. The van der Waals surface area contributed by atoms with Gasteiger partial charge in [-0.2, -0.15) is 0 Å². The molecule has 1 heteroatoms. The van der Waals surface area contributed by atoms with Gasteiger partial charge in [-0.15, -0.1) is 0 Å². The van der Waals surface area contributed by atoms with Crippen molar-refractivity contribution in [1.29, 1.82) is 0 Å². The Labute approximate surface area is 299 Å². The van der Waals surface area contributed by atoms with Crippen LogP contribution in [0.3, 0.4) is 0 Å². The van der Waals surface area contributed by atoms with Gasteiger partial charge in [0.1, 0.15) is 0 Å². The molecule has 51 heavy (non-hydrogen) atoms. The van der Waals surface area contributed by atoms with Crippen LogP contribution in [0.1, 0.15) is 0 Å². The second kappa shape index (κ2) is 13.3. The molecule has 9 aromatic carbocycles. The summed E-state index contributed by atoms with van der Waals surface area (Å²) in [6.45, 7) is 0. The Morgan fingerprint density at radius 3 is 1.41 bits per heavy atom. The van der Waals surface area contributed by atoms with Gasteiger partial charge in [-0.05, 0) is 115 Å². The van der Waals surface area contributed by atoms with E-state index in [0.29, 0.717) is 0 Å². The highest BCUT2D eigenvalue weighted by atomic mass is 15.1. The molecule has 0 amide bonds. The Balaban J connectivity index is 1.16. The van der Waals surface area contributed by atoms with Gasteiger partial charge in [-0.1, -0.05) is 158 Å². The maximum atomic E-state index is 2.40. The molecule has 0 radical (unpaired) electrons. The third-order valence-corrected chi connectivity index (χ3v) is 9.80. The lowest BCUT2D eigenvalue weighted by molar-refractivity contribution is 1.30. The predicted molar refractivity (Wildman–Crippen MR) is 218 cm³/mol. The highest BCUT2D eigenvalue weighted by molar-refractivity contribution is 5.99. The Morgan fingerprint density at radius 1 is 0.235 bits per heavy atom. The maximum Gasteiger partial charge on any atom is 0.0540 e. The summed E-state index contributed by atoms with van der Waals surface area (Å²) in [5.41, 5.74) is 13.0. The predicted octanol–water partition coefficient (Wildman–Crippen LogP) is 14.1. The number of nitrogens with zero attached hydrogens (tertiary/aromatic N) is 1. The topological polar surface area (TPSA) is 3.24 Å². The Hall–Kier alpha value is -6.70. The zero-order chi connectivity index (χ0) is 34.0. The Kier molecular flexibility index (Phi) is 7.92. The van der Waals surface area contributed by atoms with E-state index in [2.05, 4.69) is 217 Å². The molecule has 0 saturated heterocycles. The first kappa shape index (κ1) is 30.4. The van der Waals surface area contributed by atoms with Crippen molar-refractivity contribution in [3.63, 3.8) is 0 Å². The number of fused-ring (bicyclic) bond motifs is 2. The number of hydrogen-bond donors (Lipinski definition) is 0. The molecule has 0 unspecified atom stereocenters. The lowest BCUT2D eigenvalue weighted by atomic mass is 9.93. The van der Waals surface area contributed by atoms with Gasteiger partial charge in [0, 0.05) is 16.8 Å². The molecule has 0 N–H and O–H groups in total. The Morgan fingerprint density at radius 2 is 0.725 bits per heavy atom. The van der Waals surface area contributed by atoms with Crippen molar-refractivity contribution < 1.29 is 0 Å². The van der Waals surface area contributed by atoms with Crippen molar-refractivity contribution in [3.05, 3.63) is 212 Å². The van der Waals surface area contributed by atoms with E-state index in [1.165, 1.54) is 66.1 Å². The molecular weight excluding hydrogens is 615 g/mol. The van der Waals surface area contributed by atoms with Crippen LogP contribution in [0.5, 0.6) is 0 Å². The molecule has 0 atom stereocenters. The minimum absolute atomic E-state index is 1.10. The largest absolute Gasteiger partial charge is 0.310 e. The first-order chi connectivity index (χ1) is 25.3. The number of anilines is 3. The quantitative estimate of drug-likeness (QED) is 0.166. The second-order valence-corrected chi connectivity index (χ2v) is 13.0. The zero-order valence-corrected chi connectivity index (χ0v) is 28.2. The summed E-state index contributed by atoms with van der Waals surface area (Å²) in [6, 6.07) is 76.7. The summed E-state index contributed by atoms with van der Waals surface area (Å²) in [7, 11) is 0. The molecule has 0 aliphatic heterocycles. The average molecular weight is 650 g/mol. The van der Waals surface area contributed by atoms with Gasteiger partial charge in [0.15, 0.2) is 0 Å². The molecule has 240 valence electrons. The van der Waals surface area contributed by atoms with Gasteiger partial charge < -0.3 is 4.90 Å². The van der Waals surface area contributed by atoms with Crippen LogP contribution in [0, 0.1) is 0 Å². The summed E-state index contributed by atoms with van der Waals surface area (Å²) in [6.07, 6.45) is 0. The molecule has 9 aromatic rings. The minimum atomic E-state index is 1.10. The molecule has 0 aliphatic carbocycles. The fraction of sp³-hybridized carbons (Fsp3) is 0. The van der Waals surface area contributed by atoms with Crippen molar-refractivity contribution in [2.45, 2.75) is 0 Å². The van der Waals surface area contributed by atoms with Crippen molar-refractivity contribution >= 4 is 38.6 Å². The van der Waals surface area contributed by atoms with Gasteiger partial charge in [-0.3, -0.25) is 0 Å². The van der Waals surface area contributed by atoms with Crippen LogP contribution in [0.15, 0.2) is 212 Å². The van der Waals surface area contributed by atoms with E-state index in [1.54, 1.807) is 0 Å². The molecule has 0 heterocycles. The van der Waals surface area contributed by atoms with Crippen LogP contribution in [-0.4, -0.2) is 0 Å². The van der Waals surface area contributed by atoms with Crippen LogP contribution in [-0.2, 0) is 0 Å². The molecule has 0 saturated carbocycles. The SMILES string of the molecule is c1ccc(-c2cc(-c3ccccc3)cc(-c3ccc(N(c4cccc(-c5ccc6ccccc6c5)c4)c4cccc5ccccc45)cc3)c2)cc1. The smallest absolute Gasteiger partial charge is 0.0540 e. The lowest BCUT2D eigenvalue weighted by Gasteiger charge is -2.27. The Bertz CT molecular complexity index is 2560. The summed E-state index contributed by atoms with van der Waals surface area (Å²) in [5.74, 6) is 0. The fourth-order valence-electron chi connectivity index (χ4n) is 7.22. The molecule has 9 rings (SSSR count). The van der Waals surface area contributed by atoms with Crippen LogP contribution in [0.4, 0.5) is 17.1 Å². The molecule has 0 aliphatic rings. The van der Waals surface area contributed by atoms with Gasteiger partial charge in [0.2, 0.25) is 0 Å². The first-order valence-electron chi connectivity index (χ1n) is 17.5. The van der Waals surface area contributed by atoms with E-state index in [9.17, 15) is 0 Å². The van der Waals surface area contributed by atoms with E-state index in [0.717, 1.165) is 17.1 Å². The van der Waals surface area contributed by atoms with Crippen LogP contribution < -0.4 is 4.90 Å². The highest BCUT2D eigenvalue weighted by Gasteiger charge is 2.17. The van der Waals surface area contributed by atoms with E-state index < -0.39 is 0 Å². The standard InChI is InChI=1S/C50H35N/c1-3-13-36(14-4-1)44-32-45(37-15-5-2-6-16-37)34-46(33-44)39-27-29-47(30-28-39)51(50-24-12-20-40-18-9-10-23-49(40)50)48-22-11-21-42(35-48)43-26-25-38-17-7-8-19-41(38)31-43/h1-35H. The lowest BCUT2D eigenvalue weighted by Crippen LogP contribution is -2.10. The van der Waals surface area contributed by atoms with Crippen molar-refractivity contribution in [2.24, 2.45) is 0 Å². The van der Waals surface area contributed by atoms with Crippen molar-refractivity contribution in [2.75, 3.05) is 4.90 Å². The van der Waals surface area contributed by atoms with Gasteiger partial charge in [0.25, 0.3) is 0 Å². The summed E-state index contributed by atoms with van der Waals surface area (Å²) in [5, 5.41) is 4.92. The molecule has 0 spiro atoms. The summed E-state index contributed by atoms with van der Waals surface area (Å²) in [4.78, 5) is 2.40. The molecule has 1 nitrogen and oxygen atoms in total. The summed E-state index contributed by atoms with van der Waals surface area (Å²) < 4.78 is 0.